The maximum absolute atomic E-state index is 13.9. The number of rotatable bonds is 2. The van der Waals surface area contributed by atoms with Gasteiger partial charge < -0.3 is 5.73 Å². The second-order valence-electron chi connectivity index (χ2n) is 4.24. The highest BCUT2D eigenvalue weighted by Gasteiger charge is 2.30. The zero-order valence-electron chi connectivity index (χ0n) is 10.1. The molecule has 0 saturated heterocycles. The lowest BCUT2D eigenvalue weighted by Crippen LogP contribution is -2.14. The molecule has 0 aliphatic heterocycles. The molecule has 1 atom stereocenters. The van der Waals surface area contributed by atoms with E-state index in [9.17, 15) is 17.6 Å². The van der Waals surface area contributed by atoms with Gasteiger partial charge in [-0.05, 0) is 39.7 Å². The van der Waals surface area contributed by atoms with E-state index in [2.05, 4.69) is 15.9 Å². The van der Waals surface area contributed by atoms with Crippen LogP contribution < -0.4 is 5.73 Å². The van der Waals surface area contributed by atoms with Crippen molar-refractivity contribution in [2.24, 2.45) is 5.73 Å². The van der Waals surface area contributed by atoms with Crippen LogP contribution in [0.1, 0.15) is 22.7 Å². The van der Waals surface area contributed by atoms with E-state index in [0.29, 0.717) is 5.56 Å². The monoisotopic (exact) mass is 347 g/mol. The van der Waals surface area contributed by atoms with Gasteiger partial charge in [-0.15, -0.1) is 0 Å². The number of hydrogen-bond donors (Lipinski definition) is 1. The average Bonchev–Trinajstić information content (AvgIpc) is 2.40. The average molecular weight is 348 g/mol. The van der Waals surface area contributed by atoms with Crippen molar-refractivity contribution < 1.29 is 17.6 Å². The molecule has 2 rings (SSSR count). The van der Waals surface area contributed by atoms with Crippen LogP contribution in [0.2, 0.25) is 0 Å². The van der Waals surface area contributed by atoms with E-state index in [0.717, 1.165) is 12.1 Å². The van der Waals surface area contributed by atoms with E-state index in [1.54, 1.807) is 6.07 Å². The second kappa shape index (κ2) is 5.54. The summed E-state index contributed by atoms with van der Waals surface area (Å²) in [6, 6.07) is 8.21. The van der Waals surface area contributed by atoms with Crippen molar-refractivity contribution in [2.75, 3.05) is 0 Å². The minimum Gasteiger partial charge on any atom is -0.320 e. The topological polar surface area (TPSA) is 26.0 Å². The van der Waals surface area contributed by atoms with Gasteiger partial charge in [0.15, 0.2) is 0 Å². The predicted molar refractivity (Wildman–Crippen MR) is 71.6 cm³/mol. The molecule has 0 aliphatic carbocycles. The number of alkyl halides is 3. The molecule has 0 heterocycles. The summed E-state index contributed by atoms with van der Waals surface area (Å²) in [5.41, 5.74) is 5.78. The molecule has 20 heavy (non-hydrogen) atoms. The fraction of sp³-hybridized carbons (Fsp3) is 0.143. The SMILES string of the molecule is NC(c1ccc(C(F)(F)F)cc1)c1cccc(Br)c1F. The zero-order chi connectivity index (χ0) is 14.9. The van der Waals surface area contributed by atoms with Crippen LogP contribution in [0, 0.1) is 5.82 Å². The summed E-state index contributed by atoms with van der Waals surface area (Å²) in [5, 5.41) is 0. The van der Waals surface area contributed by atoms with Crippen LogP contribution in [0.5, 0.6) is 0 Å². The van der Waals surface area contributed by atoms with Crippen LogP contribution in [0.15, 0.2) is 46.9 Å². The first kappa shape index (κ1) is 15.0. The van der Waals surface area contributed by atoms with Gasteiger partial charge in [-0.25, -0.2) is 4.39 Å². The molecule has 0 bridgehead atoms. The standard InChI is InChI=1S/C14H10BrF4N/c15-11-3-1-2-10(12(11)16)13(20)8-4-6-9(7-5-8)14(17,18)19/h1-7,13H,20H2. The van der Waals surface area contributed by atoms with Gasteiger partial charge in [-0.2, -0.15) is 13.2 Å². The molecule has 2 aromatic rings. The highest BCUT2D eigenvalue weighted by Crippen LogP contribution is 2.31. The first-order valence-electron chi connectivity index (χ1n) is 5.67. The van der Waals surface area contributed by atoms with Crippen LogP contribution in [-0.2, 0) is 6.18 Å². The smallest absolute Gasteiger partial charge is 0.320 e. The lowest BCUT2D eigenvalue weighted by molar-refractivity contribution is -0.137. The third-order valence-electron chi connectivity index (χ3n) is 2.91. The van der Waals surface area contributed by atoms with E-state index < -0.39 is 23.6 Å². The molecule has 0 amide bonds. The largest absolute Gasteiger partial charge is 0.416 e. The van der Waals surface area contributed by atoms with Gasteiger partial charge in [0.1, 0.15) is 5.82 Å². The van der Waals surface area contributed by atoms with Gasteiger partial charge in [0.25, 0.3) is 0 Å². The van der Waals surface area contributed by atoms with Crippen LogP contribution in [-0.4, -0.2) is 0 Å². The number of halogens is 5. The van der Waals surface area contributed by atoms with Gasteiger partial charge >= 0.3 is 6.18 Å². The van der Waals surface area contributed by atoms with E-state index in [1.165, 1.54) is 24.3 Å². The van der Waals surface area contributed by atoms with Gasteiger partial charge in [0, 0.05) is 5.56 Å². The maximum atomic E-state index is 13.9. The van der Waals surface area contributed by atoms with Crippen molar-refractivity contribution in [1.82, 2.24) is 0 Å². The highest BCUT2D eigenvalue weighted by molar-refractivity contribution is 9.10. The molecule has 0 aromatic heterocycles. The highest BCUT2D eigenvalue weighted by atomic mass is 79.9. The molecule has 106 valence electrons. The molecular weight excluding hydrogens is 338 g/mol. The number of nitrogens with two attached hydrogens (primary N) is 1. The van der Waals surface area contributed by atoms with Crippen molar-refractivity contribution in [3.05, 3.63) is 69.4 Å². The summed E-state index contributed by atoms with van der Waals surface area (Å²) in [6.07, 6.45) is -4.40. The summed E-state index contributed by atoms with van der Waals surface area (Å²) < 4.78 is 51.6. The molecule has 0 spiro atoms. The third-order valence-corrected chi connectivity index (χ3v) is 3.53. The van der Waals surface area contributed by atoms with Crippen molar-refractivity contribution in [3.63, 3.8) is 0 Å². The molecule has 0 fully saturated rings. The Kier molecular flexibility index (Phi) is 4.15. The minimum atomic E-state index is -4.40. The first-order valence-corrected chi connectivity index (χ1v) is 6.46. The Bertz CT molecular complexity index is 608. The van der Waals surface area contributed by atoms with E-state index >= 15 is 0 Å². The summed E-state index contributed by atoms with van der Waals surface area (Å²) in [7, 11) is 0. The quantitative estimate of drug-likeness (QED) is 0.786. The zero-order valence-corrected chi connectivity index (χ0v) is 11.7. The number of benzene rings is 2. The molecule has 0 saturated carbocycles. The molecule has 0 radical (unpaired) electrons. The van der Waals surface area contributed by atoms with E-state index in [1.807, 2.05) is 0 Å². The Balaban J connectivity index is 2.34. The molecule has 1 nitrogen and oxygen atoms in total. The molecule has 6 heteroatoms. The van der Waals surface area contributed by atoms with E-state index in [4.69, 9.17) is 5.73 Å². The van der Waals surface area contributed by atoms with Crippen molar-refractivity contribution in [2.45, 2.75) is 12.2 Å². The van der Waals surface area contributed by atoms with E-state index in [-0.39, 0.29) is 10.0 Å². The molecule has 1 unspecified atom stereocenters. The van der Waals surface area contributed by atoms with Gasteiger partial charge in [0.2, 0.25) is 0 Å². The second-order valence-corrected chi connectivity index (χ2v) is 5.09. The van der Waals surface area contributed by atoms with Crippen molar-refractivity contribution >= 4 is 15.9 Å². The first-order chi connectivity index (χ1) is 9.30. The van der Waals surface area contributed by atoms with Crippen molar-refractivity contribution in [1.29, 1.82) is 0 Å². The fourth-order valence-electron chi connectivity index (χ4n) is 1.82. The Morgan fingerprint density at radius 3 is 2.15 bits per heavy atom. The lowest BCUT2D eigenvalue weighted by atomic mass is 9.98. The molecule has 2 N–H and O–H groups in total. The van der Waals surface area contributed by atoms with Gasteiger partial charge in [0.05, 0.1) is 16.1 Å². The summed E-state index contributed by atoms with van der Waals surface area (Å²) in [4.78, 5) is 0. The maximum Gasteiger partial charge on any atom is 0.416 e. The normalized spacial score (nSPS) is 13.3. The Morgan fingerprint density at radius 1 is 1.00 bits per heavy atom. The minimum absolute atomic E-state index is 0.221. The van der Waals surface area contributed by atoms with Crippen LogP contribution in [0.4, 0.5) is 17.6 Å². The Hall–Kier alpha value is -1.40. The van der Waals surface area contributed by atoms with Crippen LogP contribution >= 0.6 is 15.9 Å². The summed E-state index contributed by atoms with van der Waals surface area (Å²) in [6.45, 7) is 0. The Labute approximate surface area is 121 Å². The molecule has 2 aromatic carbocycles. The van der Waals surface area contributed by atoms with Gasteiger partial charge in [-0.1, -0.05) is 24.3 Å². The van der Waals surface area contributed by atoms with Crippen LogP contribution in [0.3, 0.4) is 0 Å². The van der Waals surface area contributed by atoms with Crippen LogP contribution in [0.25, 0.3) is 0 Å². The molecule has 0 aliphatic rings. The van der Waals surface area contributed by atoms with Gasteiger partial charge in [-0.3, -0.25) is 0 Å². The summed E-state index contributed by atoms with van der Waals surface area (Å²) in [5.74, 6) is -0.514. The number of hydrogen-bond acceptors (Lipinski definition) is 1. The lowest BCUT2D eigenvalue weighted by Gasteiger charge is -2.15. The molecular formula is C14H10BrF4N. The summed E-state index contributed by atoms with van der Waals surface area (Å²) >= 11 is 3.05. The predicted octanol–water partition coefficient (Wildman–Crippen LogP) is 4.66. The van der Waals surface area contributed by atoms with Crippen molar-refractivity contribution in [3.8, 4) is 0 Å². The third kappa shape index (κ3) is 3.02. The fourth-order valence-corrected chi connectivity index (χ4v) is 2.20. The Morgan fingerprint density at radius 2 is 1.60 bits per heavy atom.